The molecule has 3 aromatic rings. The second-order valence-electron chi connectivity index (χ2n) is 6.19. The maximum absolute atomic E-state index is 12.9. The number of nitrogen functional groups attached to an aromatic ring is 1. The molecule has 1 aliphatic rings. The molecular formula is C19H16F3N5. The number of halogens is 3. The zero-order valence-corrected chi connectivity index (χ0v) is 14.2. The Morgan fingerprint density at radius 2 is 1.85 bits per heavy atom. The molecular weight excluding hydrogens is 355 g/mol. The number of benzene rings is 2. The highest BCUT2D eigenvalue weighted by atomic mass is 19.4. The van der Waals surface area contributed by atoms with Crippen LogP contribution in [-0.4, -0.2) is 16.5 Å². The van der Waals surface area contributed by atoms with Crippen LogP contribution < -0.4 is 16.0 Å². The Balaban J connectivity index is 1.66. The van der Waals surface area contributed by atoms with Crippen molar-refractivity contribution >= 4 is 28.7 Å². The van der Waals surface area contributed by atoms with Gasteiger partial charge >= 0.3 is 6.18 Å². The summed E-state index contributed by atoms with van der Waals surface area (Å²) in [5.41, 5.74) is 8.25. The van der Waals surface area contributed by atoms with Crippen LogP contribution in [0.1, 0.15) is 11.1 Å². The van der Waals surface area contributed by atoms with E-state index < -0.39 is 11.7 Å². The molecule has 0 amide bonds. The number of aromatic nitrogens is 2. The summed E-state index contributed by atoms with van der Waals surface area (Å²) in [4.78, 5) is 10.4. The molecule has 3 N–H and O–H groups in total. The normalized spacial score (nSPS) is 13.5. The zero-order valence-electron chi connectivity index (χ0n) is 14.2. The first-order valence-corrected chi connectivity index (χ1v) is 8.33. The highest BCUT2D eigenvalue weighted by Gasteiger charge is 2.30. The number of nitrogens with two attached hydrogens (primary N) is 1. The van der Waals surface area contributed by atoms with Crippen LogP contribution in [0.2, 0.25) is 0 Å². The summed E-state index contributed by atoms with van der Waals surface area (Å²) < 4.78 is 38.7. The van der Waals surface area contributed by atoms with Crippen LogP contribution in [0.25, 0.3) is 0 Å². The number of rotatable bonds is 3. The lowest BCUT2D eigenvalue weighted by Crippen LogP contribution is -2.17. The van der Waals surface area contributed by atoms with Gasteiger partial charge in [0.2, 0.25) is 0 Å². The topological polar surface area (TPSA) is 67.1 Å². The van der Waals surface area contributed by atoms with Crippen molar-refractivity contribution in [1.82, 2.24) is 9.97 Å². The van der Waals surface area contributed by atoms with Crippen molar-refractivity contribution in [3.05, 3.63) is 66.0 Å². The Hall–Kier alpha value is -3.29. The van der Waals surface area contributed by atoms with Crippen molar-refractivity contribution in [2.24, 2.45) is 0 Å². The first-order chi connectivity index (χ1) is 12.9. The number of hydrogen-bond acceptors (Lipinski definition) is 5. The number of nitrogens with zero attached hydrogens (tertiary/aromatic N) is 3. The van der Waals surface area contributed by atoms with E-state index in [2.05, 4.69) is 21.4 Å². The fraction of sp³-hybridized carbons (Fsp3) is 0.158. The number of anilines is 5. The van der Waals surface area contributed by atoms with Crippen LogP contribution >= 0.6 is 0 Å². The first kappa shape index (κ1) is 17.1. The molecule has 5 nitrogen and oxygen atoms in total. The summed E-state index contributed by atoms with van der Waals surface area (Å²) in [6.07, 6.45) is -2.20. The molecule has 0 saturated heterocycles. The summed E-state index contributed by atoms with van der Waals surface area (Å²) >= 11 is 0. The van der Waals surface area contributed by atoms with Gasteiger partial charge in [-0.25, -0.2) is 9.97 Å². The van der Waals surface area contributed by atoms with Crippen LogP contribution in [0.4, 0.5) is 41.9 Å². The molecule has 0 aliphatic carbocycles. The predicted molar refractivity (Wildman–Crippen MR) is 98.3 cm³/mol. The van der Waals surface area contributed by atoms with Crippen molar-refractivity contribution in [3.63, 3.8) is 0 Å². The number of nitrogens with one attached hydrogen (secondary N) is 1. The van der Waals surface area contributed by atoms with Crippen LogP contribution in [0.15, 0.2) is 54.9 Å². The second-order valence-corrected chi connectivity index (χ2v) is 6.19. The Kier molecular flexibility index (Phi) is 4.10. The fourth-order valence-corrected chi connectivity index (χ4v) is 3.17. The Morgan fingerprint density at radius 1 is 1.04 bits per heavy atom. The minimum Gasteiger partial charge on any atom is -0.393 e. The lowest BCUT2D eigenvalue weighted by molar-refractivity contribution is -0.137. The molecule has 27 heavy (non-hydrogen) atoms. The van der Waals surface area contributed by atoms with Crippen molar-refractivity contribution in [3.8, 4) is 0 Å². The van der Waals surface area contributed by atoms with E-state index in [4.69, 9.17) is 5.73 Å². The molecule has 2 aromatic carbocycles. The molecule has 0 radical (unpaired) electrons. The van der Waals surface area contributed by atoms with Gasteiger partial charge in [0.1, 0.15) is 12.0 Å². The number of para-hydroxylation sites is 1. The number of fused-ring (bicyclic) bond motifs is 1. The summed E-state index contributed by atoms with van der Waals surface area (Å²) in [5.74, 6) is 0.799. The van der Waals surface area contributed by atoms with Crippen molar-refractivity contribution in [2.75, 3.05) is 22.5 Å². The largest absolute Gasteiger partial charge is 0.416 e. The van der Waals surface area contributed by atoms with Gasteiger partial charge in [-0.1, -0.05) is 24.3 Å². The van der Waals surface area contributed by atoms with Gasteiger partial charge in [0.25, 0.3) is 0 Å². The molecule has 0 spiro atoms. The summed E-state index contributed by atoms with van der Waals surface area (Å²) in [6.45, 7) is 0.726. The van der Waals surface area contributed by atoms with E-state index in [0.29, 0.717) is 5.82 Å². The van der Waals surface area contributed by atoms with E-state index >= 15 is 0 Å². The second kappa shape index (κ2) is 6.46. The third-order valence-corrected chi connectivity index (χ3v) is 4.46. The lowest BCUT2D eigenvalue weighted by Gasteiger charge is -2.21. The predicted octanol–water partition coefficient (Wildman–Crippen LogP) is 4.52. The zero-order chi connectivity index (χ0) is 19.0. The van der Waals surface area contributed by atoms with Gasteiger partial charge in [-0.2, -0.15) is 13.2 Å². The third-order valence-electron chi connectivity index (χ3n) is 4.46. The van der Waals surface area contributed by atoms with Crippen LogP contribution in [0.5, 0.6) is 0 Å². The van der Waals surface area contributed by atoms with Crippen molar-refractivity contribution < 1.29 is 13.2 Å². The standard InChI is InChI=1S/C19H16F3N5/c20-19(21,22)13-5-3-6-14(10-13)26-17-16(23)18(25-11-24-17)27-9-8-12-4-1-2-7-15(12)27/h1-7,10-11H,8-9,23H2,(H,24,25,26). The molecule has 2 heterocycles. The molecule has 8 heteroatoms. The van der Waals surface area contributed by atoms with Gasteiger partial charge in [-0.05, 0) is 36.2 Å². The van der Waals surface area contributed by atoms with Gasteiger partial charge in [0.05, 0.1) is 5.56 Å². The SMILES string of the molecule is Nc1c(Nc2cccc(C(F)(F)F)c2)ncnc1N1CCc2ccccc21. The molecule has 0 unspecified atom stereocenters. The van der Waals surface area contributed by atoms with Crippen molar-refractivity contribution in [1.29, 1.82) is 0 Å². The quantitative estimate of drug-likeness (QED) is 0.709. The maximum Gasteiger partial charge on any atom is 0.416 e. The molecule has 1 aromatic heterocycles. The fourth-order valence-electron chi connectivity index (χ4n) is 3.17. The van der Waals surface area contributed by atoms with Gasteiger partial charge < -0.3 is 16.0 Å². The van der Waals surface area contributed by atoms with E-state index in [1.807, 2.05) is 23.1 Å². The van der Waals surface area contributed by atoms with Gasteiger partial charge in [-0.15, -0.1) is 0 Å². The average Bonchev–Trinajstić information content (AvgIpc) is 3.07. The lowest BCUT2D eigenvalue weighted by atomic mass is 10.2. The third kappa shape index (κ3) is 3.25. The Labute approximate surface area is 153 Å². The molecule has 0 bridgehead atoms. The smallest absolute Gasteiger partial charge is 0.393 e. The molecule has 0 atom stereocenters. The highest BCUT2D eigenvalue weighted by molar-refractivity contribution is 5.83. The van der Waals surface area contributed by atoms with Crippen LogP contribution in [0.3, 0.4) is 0 Å². The minimum atomic E-state index is -4.42. The maximum atomic E-state index is 12.9. The van der Waals surface area contributed by atoms with Gasteiger partial charge in [-0.3, -0.25) is 0 Å². The van der Waals surface area contributed by atoms with E-state index in [1.54, 1.807) is 0 Å². The van der Waals surface area contributed by atoms with E-state index in [1.165, 1.54) is 24.0 Å². The molecule has 138 valence electrons. The van der Waals surface area contributed by atoms with E-state index in [0.717, 1.165) is 30.8 Å². The first-order valence-electron chi connectivity index (χ1n) is 8.33. The monoisotopic (exact) mass is 371 g/mol. The van der Waals surface area contributed by atoms with Crippen LogP contribution in [0, 0.1) is 0 Å². The summed E-state index contributed by atoms with van der Waals surface area (Å²) in [6, 6.07) is 12.9. The Bertz CT molecular complexity index is 987. The van der Waals surface area contributed by atoms with Gasteiger partial charge in [0, 0.05) is 17.9 Å². The Morgan fingerprint density at radius 3 is 2.67 bits per heavy atom. The van der Waals surface area contributed by atoms with Gasteiger partial charge in [0.15, 0.2) is 11.6 Å². The summed E-state index contributed by atoms with van der Waals surface area (Å²) in [7, 11) is 0. The average molecular weight is 371 g/mol. The van der Waals surface area contributed by atoms with Crippen molar-refractivity contribution in [2.45, 2.75) is 12.6 Å². The summed E-state index contributed by atoms with van der Waals surface area (Å²) in [5, 5.41) is 2.87. The molecule has 1 aliphatic heterocycles. The minimum absolute atomic E-state index is 0.253. The van der Waals surface area contributed by atoms with E-state index in [9.17, 15) is 13.2 Å². The molecule has 4 rings (SSSR count). The number of alkyl halides is 3. The highest BCUT2D eigenvalue weighted by Crippen LogP contribution is 2.38. The number of hydrogen-bond donors (Lipinski definition) is 2. The van der Waals surface area contributed by atoms with E-state index in [-0.39, 0.29) is 17.2 Å². The van der Waals surface area contributed by atoms with Crippen LogP contribution in [-0.2, 0) is 12.6 Å². The molecule has 0 fully saturated rings. The molecule has 0 saturated carbocycles.